The van der Waals surface area contributed by atoms with E-state index in [2.05, 4.69) is 17.4 Å². The number of para-hydroxylation sites is 1. The van der Waals surface area contributed by atoms with E-state index in [1.165, 1.54) is 0 Å². The Balaban J connectivity index is 1.29. The van der Waals surface area contributed by atoms with Crippen LogP contribution < -0.4 is 11.1 Å². The van der Waals surface area contributed by atoms with Gasteiger partial charge in [-0.15, -0.1) is 0 Å². The molecule has 0 saturated carbocycles. The molecule has 0 radical (unpaired) electrons. The van der Waals surface area contributed by atoms with Gasteiger partial charge in [-0.25, -0.2) is 0 Å². The molecule has 0 unspecified atom stereocenters. The number of hydrogen-bond donors (Lipinski definition) is 2. The zero-order valence-corrected chi connectivity index (χ0v) is 17.8. The minimum Gasteiger partial charge on any atom is -0.398 e. The fourth-order valence-corrected chi connectivity index (χ4v) is 3.53. The number of rotatable bonds is 11. The van der Waals surface area contributed by atoms with Crippen LogP contribution in [0, 0.1) is 0 Å². The van der Waals surface area contributed by atoms with Crippen LogP contribution in [-0.4, -0.2) is 11.7 Å². The van der Waals surface area contributed by atoms with E-state index in [0.717, 1.165) is 47.9 Å². The van der Waals surface area contributed by atoms with Crippen molar-refractivity contribution in [3.05, 3.63) is 90.0 Å². The zero-order chi connectivity index (χ0) is 21.9. The average molecular weight is 415 g/mol. The standard InChI is InChI=1S/C27H30N2O2/c28-25-13-9-8-12-24(25)20-29-27(31)15-7-2-1-6-14-26(30)23-18-16-22(17-19-23)21-10-4-3-5-11-21/h3-5,8-13,16-19H,1-2,6-7,14-15,20,28H2,(H,29,31). The lowest BCUT2D eigenvalue weighted by molar-refractivity contribution is -0.121. The second-order valence-electron chi connectivity index (χ2n) is 7.76. The summed E-state index contributed by atoms with van der Waals surface area (Å²) < 4.78 is 0. The smallest absolute Gasteiger partial charge is 0.220 e. The first-order chi connectivity index (χ1) is 15.1. The number of benzene rings is 3. The summed E-state index contributed by atoms with van der Waals surface area (Å²) >= 11 is 0. The van der Waals surface area contributed by atoms with E-state index in [1.807, 2.05) is 66.7 Å². The third kappa shape index (κ3) is 7.10. The van der Waals surface area contributed by atoms with Gasteiger partial charge in [-0.1, -0.05) is 85.6 Å². The molecule has 160 valence electrons. The number of unbranched alkanes of at least 4 members (excludes halogenated alkanes) is 3. The maximum atomic E-state index is 12.4. The number of nitrogens with one attached hydrogen (secondary N) is 1. The van der Waals surface area contributed by atoms with Crippen LogP contribution >= 0.6 is 0 Å². The number of amides is 1. The van der Waals surface area contributed by atoms with Gasteiger partial charge in [0.05, 0.1) is 0 Å². The Morgan fingerprint density at radius 1 is 0.677 bits per heavy atom. The maximum absolute atomic E-state index is 12.4. The van der Waals surface area contributed by atoms with Gasteiger partial charge in [0, 0.05) is 30.6 Å². The minimum atomic E-state index is 0.0397. The van der Waals surface area contributed by atoms with Crippen molar-refractivity contribution in [1.29, 1.82) is 0 Å². The number of carbonyl (C=O) groups excluding carboxylic acids is 2. The van der Waals surface area contributed by atoms with E-state index in [9.17, 15) is 9.59 Å². The molecule has 0 atom stereocenters. The maximum Gasteiger partial charge on any atom is 0.220 e. The van der Waals surface area contributed by atoms with E-state index >= 15 is 0 Å². The fourth-order valence-electron chi connectivity index (χ4n) is 3.53. The third-order valence-electron chi connectivity index (χ3n) is 5.40. The number of Topliss-reactive ketones (excluding diaryl/α,β-unsaturated/α-hetero) is 1. The second kappa shape index (κ2) is 11.7. The SMILES string of the molecule is Nc1ccccc1CNC(=O)CCCCCCC(=O)c1ccc(-c2ccccc2)cc1. The molecule has 3 aromatic rings. The molecule has 0 bridgehead atoms. The van der Waals surface area contributed by atoms with E-state index in [4.69, 9.17) is 5.73 Å². The average Bonchev–Trinajstić information content (AvgIpc) is 2.81. The van der Waals surface area contributed by atoms with Crippen LogP contribution in [0.4, 0.5) is 5.69 Å². The fraction of sp³-hybridized carbons (Fsp3) is 0.259. The molecule has 0 fully saturated rings. The van der Waals surface area contributed by atoms with Crippen LogP contribution in [-0.2, 0) is 11.3 Å². The summed E-state index contributed by atoms with van der Waals surface area (Å²) in [4.78, 5) is 24.4. The largest absolute Gasteiger partial charge is 0.398 e. The highest BCUT2D eigenvalue weighted by molar-refractivity contribution is 5.96. The summed E-state index contributed by atoms with van der Waals surface area (Å²) in [5.74, 6) is 0.218. The summed E-state index contributed by atoms with van der Waals surface area (Å²) in [7, 11) is 0. The first-order valence-electron chi connectivity index (χ1n) is 10.9. The lowest BCUT2D eigenvalue weighted by Crippen LogP contribution is -2.22. The Kier molecular flexibility index (Phi) is 8.41. The number of ketones is 1. The summed E-state index contributed by atoms with van der Waals surface area (Å²) in [5.41, 5.74) is 10.5. The lowest BCUT2D eigenvalue weighted by Gasteiger charge is -2.07. The van der Waals surface area contributed by atoms with Crippen LogP contribution in [0.3, 0.4) is 0 Å². The number of nitrogen functional groups attached to an aromatic ring is 1. The van der Waals surface area contributed by atoms with Crippen LogP contribution in [0.2, 0.25) is 0 Å². The topological polar surface area (TPSA) is 72.2 Å². The van der Waals surface area contributed by atoms with Gasteiger partial charge >= 0.3 is 0 Å². The predicted octanol–water partition coefficient (Wildman–Crippen LogP) is 5.78. The number of anilines is 1. The van der Waals surface area contributed by atoms with Crippen molar-refractivity contribution in [2.75, 3.05) is 5.73 Å². The van der Waals surface area contributed by atoms with Crippen LogP contribution in [0.25, 0.3) is 11.1 Å². The molecule has 1 amide bonds. The predicted molar refractivity (Wildman–Crippen MR) is 127 cm³/mol. The number of hydrogen-bond acceptors (Lipinski definition) is 3. The monoisotopic (exact) mass is 414 g/mol. The van der Waals surface area contributed by atoms with Crippen molar-refractivity contribution in [3.63, 3.8) is 0 Å². The van der Waals surface area contributed by atoms with E-state index < -0.39 is 0 Å². The molecule has 3 rings (SSSR count). The Morgan fingerprint density at radius 2 is 1.29 bits per heavy atom. The van der Waals surface area contributed by atoms with E-state index in [0.29, 0.717) is 25.1 Å². The van der Waals surface area contributed by atoms with Gasteiger partial charge in [0.15, 0.2) is 5.78 Å². The normalized spacial score (nSPS) is 10.6. The van der Waals surface area contributed by atoms with Crippen LogP contribution in [0.15, 0.2) is 78.9 Å². The molecule has 0 saturated heterocycles. The molecule has 4 nitrogen and oxygen atoms in total. The first-order valence-corrected chi connectivity index (χ1v) is 10.9. The number of carbonyl (C=O) groups is 2. The first kappa shape index (κ1) is 22.3. The summed E-state index contributed by atoms with van der Waals surface area (Å²) in [5, 5.41) is 2.91. The van der Waals surface area contributed by atoms with Gasteiger partial charge in [0.1, 0.15) is 0 Å². The van der Waals surface area contributed by atoms with Crippen molar-refractivity contribution >= 4 is 17.4 Å². The highest BCUT2D eigenvalue weighted by Crippen LogP contribution is 2.20. The van der Waals surface area contributed by atoms with Crippen LogP contribution in [0.5, 0.6) is 0 Å². The number of nitrogens with two attached hydrogens (primary N) is 1. The molecule has 0 aliphatic rings. The molecule has 0 aliphatic heterocycles. The highest BCUT2D eigenvalue weighted by atomic mass is 16.1. The summed E-state index contributed by atoms with van der Waals surface area (Å²) in [6.07, 6.45) is 4.62. The van der Waals surface area contributed by atoms with Gasteiger partial charge in [0.2, 0.25) is 5.91 Å². The van der Waals surface area contributed by atoms with Gasteiger partial charge in [-0.2, -0.15) is 0 Å². The molecule has 3 aromatic carbocycles. The molecule has 0 aromatic heterocycles. The molecular formula is C27H30N2O2. The highest BCUT2D eigenvalue weighted by Gasteiger charge is 2.07. The van der Waals surface area contributed by atoms with Gasteiger partial charge in [-0.05, 0) is 35.6 Å². The minimum absolute atomic E-state index is 0.0397. The van der Waals surface area contributed by atoms with E-state index in [1.54, 1.807) is 0 Å². The van der Waals surface area contributed by atoms with Crippen molar-refractivity contribution in [1.82, 2.24) is 5.32 Å². The van der Waals surface area contributed by atoms with Gasteiger partial charge in [0.25, 0.3) is 0 Å². The molecule has 4 heteroatoms. The third-order valence-corrected chi connectivity index (χ3v) is 5.40. The Morgan fingerprint density at radius 3 is 2.00 bits per heavy atom. The molecule has 0 spiro atoms. The van der Waals surface area contributed by atoms with Crippen molar-refractivity contribution in [2.45, 2.75) is 45.1 Å². The summed E-state index contributed by atoms with van der Waals surface area (Å²) in [6.45, 7) is 0.461. The Bertz CT molecular complexity index is 982. The second-order valence-corrected chi connectivity index (χ2v) is 7.76. The van der Waals surface area contributed by atoms with Crippen molar-refractivity contribution in [3.8, 4) is 11.1 Å². The molecule has 31 heavy (non-hydrogen) atoms. The van der Waals surface area contributed by atoms with E-state index in [-0.39, 0.29) is 11.7 Å². The van der Waals surface area contributed by atoms with Crippen LogP contribution in [0.1, 0.15) is 54.4 Å². The summed E-state index contributed by atoms with van der Waals surface area (Å²) in [6, 6.07) is 25.5. The van der Waals surface area contributed by atoms with Crippen molar-refractivity contribution in [2.24, 2.45) is 0 Å². The molecule has 3 N–H and O–H groups in total. The van der Waals surface area contributed by atoms with Gasteiger partial charge in [-0.3, -0.25) is 9.59 Å². The Labute approximate surface area is 184 Å². The molecule has 0 heterocycles. The van der Waals surface area contributed by atoms with Crippen molar-refractivity contribution < 1.29 is 9.59 Å². The quantitative estimate of drug-likeness (QED) is 0.237. The Hall–Kier alpha value is -3.40. The molecule has 0 aliphatic carbocycles. The molecular weight excluding hydrogens is 384 g/mol. The lowest BCUT2D eigenvalue weighted by atomic mass is 10.00. The zero-order valence-electron chi connectivity index (χ0n) is 17.8. The van der Waals surface area contributed by atoms with Gasteiger partial charge < -0.3 is 11.1 Å².